The van der Waals surface area contributed by atoms with Crippen molar-refractivity contribution in [2.24, 2.45) is 0 Å². The highest BCUT2D eigenvalue weighted by atomic mass is 16.6. The highest BCUT2D eigenvalue weighted by molar-refractivity contribution is 5.92. The average Bonchev–Trinajstić information content (AvgIpc) is 2.47. The van der Waals surface area contributed by atoms with Gasteiger partial charge in [0, 0.05) is 5.56 Å². The van der Waals surface area contributed by atoms with E-state index in [0.717, 1.165) is 12.1 Å². The number of aliphatic hydroxyl groups excluding tert-OH is 1. The maximum atomic E-state index is 10.9. The molecule has 0 spiro atoms. The van der Waals surface area contributed by atoms with Gasteiger partial charge in [0.25, 0.3) is 5.69 Å². The number of rotatable bonds is 5. The van der Waals surface area contributed by atoms with Gasteiger partial charge in [0.15, 0.2) is 0 Å². The molecule has 0 atom stereocenters. The second-order valence-electron chi connectivity index (χ2n) is 4.11. The van der Waals surface area contributed by atoms with Crippen molar-refractivity contribution in [3.05, 3.63) is 63.7 Å². The van der Waals surface area contributed by atoms with Crippen molar-refractivity contribution in [2.45, 2.75) is 6.61 Å². The first-order valence-electron chi connectivity index (χ1n) is 5.91. The van der Waals surface area contributed by atoms with Gasteiger partial charge >= 0.3 is 5.97 Å². The number of hydrogen-bond donors (Lipinski definition) is 2. The van der Waals surface area contributed by atoms with E-state index < -0.39 is 22.1 Å². The second kappa shape index (κ2) is 6.02. The van der Waals surface area contributed by atoms with Crippen LogP contribution < -0.4 is 4.74 Å². The normalized spacial score (nSPS) is 10.1. The third-order valence-electron chi connectivity index (χ3n) is 2.77. The van der Waals surface area contributed by atoms with Crippen LogP contribution in [0.4, 0.5) is 5.69 Å². The Kier molecular flexibility index (Phi) is 4.15. The van der Waals surface area contributed by atoms with E-state index in [2.05, 4.69) is 0 Å². The number of benzene rings is 2. The summed E-state index contributed by atoms with van der Waals surface area (Å²) in [6, 6.07) is 10.1. The van der Waals surface area contributed by atoms with Gasteiger partial charge in [0.05, 0.1) is 17.6 Å². The van der Waals surface area contributed by atoms with E-state index in [1.54, 1.807) is 24.3 Å². The molecule has 0 aliphatic rings. The zero-order valence-electron chi connectivity index (χ0n) is 10.7. The maximum absolute atomic E-state index is 10.9. The van der Waals surface area contributed by atoms with Gasteiger partial charge in [-0.25, -0.2) is 4.79 Å². The minimum Gasteiger partial charge on any atom is -0.477 e. The highest BCUT2D eigenvalue weighted by Gasteiger charge is 2.20. The van der Waals surface area contributed by atoms with E-state index in [-0.39, 0.29) is 12.4 Å². The minimum atomic E-state index is -1.39. The molecular weight excluding hydrogens is 278 g/mol. The monoisotopic (exact) mass is 289 g/mol. The van der Waals surface area contributed by atoms with Crippen molar-refractivity contribution in [3.63, 3.8) is 0 Å². The van der Waals surface area contributed by atoms with Gasteiger partial charge in [-0.1, -0.05) is 18.2 Å². The van der Waals surface area contributed by atoms with E-state index in [0.29, 0.717) is 11.3 Å². The molecule has 0 heterocycles. The Morgan fingerprint density at radius 2 is 1.95 bits per heavy atom. The molecule has 0 amide bonds. The second-order valence-corrected chi connectivity index (χ2v) is 4.11. The van der Waals surface area contributed by atoms with E-state index in [1.165, 1.54) is 6.07 Å². The number of nitro benzene ring substituents is 1. The molecular formula is C14H11NO6. The molecule has 0 aliphatic heterocycles. The number of aliphatic hydroxyl groups is 1. The molecule has 0 radical (unpaired) electrons. The lowest BCUT2D eigenvalue weighted by atomic mass is 10.1. The number of carbonyl (C=O) groups is 1. The lowest BCUT2D eigenvalue weighted by Gasteiger charge is -2.09. The van der Waals surface area contributed by atoms with Crippen LogP contribution in [0, 0.1) is 10.1 Å². The first-order valence-corrected chi connectivity index (χ1v) is 5.91. The number of carboxylic acid groups (broad SMARTS) is 1. The Bertz CT molecular complexity index is 698. The van der Waals surface area contributed by atoms with Gasteiger partial charge in [0.2, 0.25) is 0 Å². The molecule has 0 saturated carbocycles. The van der Waals surface area contributed by atoms with Gasteiger partial charge in [-0.15, -0.1) is 0 Å². The molecule has 2 aromatic rings. The number of nitro groups is 1. The van der Waals surface area contributed by atoms with Crippen molar-refractivity contribution >= 4 is 11.7 Å². The van der Waals surface area contributed by atoms with Gasteiger partial charge in [-0.2, -0.15) is 0 Å². The van der Waals surface area contributed by atoms with Crippen LogP contribution in [-0.2, 0) is 6.61 Å². The van der Waals surface area contributed by atoms with Crippen LogP contribution in [-0.4, -0.2) is 21.1 Å². The fourth-order valence-corrected chi connectivity index (χ4v) is 1.77. The molecule has 0 bridgehead atoms. The van der Waals surface area contributed by atoms with Crippen LogP contribution >= 0.6 is 0 Å². The van der Waals surface area contributed by atoms with Crippen molar-refractivity contribution < 1.29 is 24.7 Å². The van der Waals surface area contributed by atoms with Gasteiger partial charge in [-0.3, -0.25) is 10.1 Å². The zero-order chi connectivity index (χ0) is 15.4. The van der Waals surface area contributed by atoms with Gasteiger partial charge in [-0.05, 0) is 18.2 Å². The summed E-state index contributed by atoms with van der Waals surface area (Å²) in [5, 5.41) is 29.0. The number of aromatic carboxylic acids is 1. The first kappa shape index (κ1) is 14.5. The quantitative estimate of drug-likeness (QED) is 0.646. The predicted molar refractivity (Wildman–Crippen MR) is 72.5 cm³/mol. The summed E-state index contributed by atoms with van der Waals surface area (Å²) in [5.41, 5.74) is -0.452. The summed E-state index contributed by atoms with van der Waals surface area (Å²) in [6.45, 7) is -0.245. The fourth-order valence-electron chi connectivity index (χ4n) is 1.77. The molecule has 0 unspecified atom stereocenters. The predicted octanol–water partition coefficient (Wildman–Crippen LogP) is 2.58. The average molecular weight is 289 g/mol. The molecule has 7 heteroatoms. The molecule has 108 valence electrons. The standard InChI is InChI=1S/C14H11NO6/c16-8-9-3-1-2-4-13(9)21-10-5-6-11(14(17)18)12(7-10)15(19)20/h1-7,16H,8H2,(H,17,18). The van der Waals surface area contributed by atoms with Crippen molar-refractivity contribution in [1.29, 1.82) is 0 Å². The summed E-state index contributed by atoms with van der Waals surface area (Å²) in [6.07, 6.45) is 0. The van der Waals surface area contributed by atoms with E-state index >= 15 is 0 Å². The van der Waals surface area contributed by atoms with Crippen LogP contribution in [0.25, 0.3) is 0 Å². The third kappa shape index (κ3) is 3.15. The number of ether oxygens (including phenoxy) is 1. The van der Waals surface area contributed by atoms with Crippen molar-refractivity contribution in [1.82, 2.24) is 0 Å². The van der Waals surface area contributed by atoms with E-state index in [9.17, 15) is 20.0 Å². The van der Waals surface area contributed by atoms with E-state index in [4.69, 9.17) is 9.84 Å². The maximum Gasteiger partial charge on any atom is 0.342 e. The molecule has 2 aromatic carbocycles. The summed E-state index contributed by atoms with van der Waals surface area (Å²) in [5.74, 6) is -0.922. The van der Waals surface area contributed by atoms with Crippen molar-refractivity contribution in [3.8, 4) is 11.5 Å². The molecule has 0 aromatic heterocycles. The fraction of sp³-hybridized carbons (Fsp3) is 0.0714. The number of carboxylic acids is 1. The number of nitrogens with zero attached hydrogens (tertiary/aromatic N) is 1. The van der Waals surface area contributed by atoms with Gasteiger partial charge < -0.3 is 14.9 Å². The van der Waals surface area contributed by atoms with Gasteiger partial charge in [0.1, 0.15) is 17.1 Å². The van der Waals surface area contributed by atoms with Crippen LogP contribution in [0.15, 0.2) is 42.5 Å². The Balaban J connectivity index is 2.39. The van der Waals surface area contributed by atoms with E-state index in [1.807, 2.05) is 0 Å². The molecule has 0 fully saturated rings. The zero-order valence-corrected chi connectivity index (χ0v) is 10.7. The molecule has 2 rings (SSSR count). The summed E-state index contributed by atoms with van der Waals surface area (Å²) in [4.78, 5) is 21.0. The molecule has 21 heavy (non-hydrogen) atoms. The molecule has 0 saturated heterocycles. The Morgan fingerprint density at radius 1 is 1.24 bits per heavy atom. The SMILES string of the molecule is O=C(O)c1ccc(Oc2ccccc2CO)cc1[N+](=O)[O-]. The van der Waals surface area contributed by atoms with Crippen LogP contribution in [0.5, 0.6) is 11.5 Å². The summed E-state index contributed by atoms with van der Waals surface area (Å²) >= 11 is 0. The van der Waals surface area contributed by atoms with Crippen LogP contribution in [0.3, 0.4) is 0 Å². The summed E-state index contributed by atoms with van der Waals surface area (Å²) < 4.78 is 5.47. The Labute approximate surface area is 119 Å². The molecule has 2 N–H and O–H groups in total. The minimum absolute atomic E-state index is 0.118. The number of para-hydroxylation sites is 1. The number of hydrogen-bond acceptors (Lipinski definition) is 5. The topological polar surface area (TPSA) is 110 Å². The summed E-state index contributed by atoms with van der Waals surface area (Å²) in [7, 11) is 0. The molecule has 0 aliphatic carbocycles. The lowest BCUT2D eigenvalue weighted by molar-refractivity contribution is -0.385. The Hall–Kier alpha value is -2.93. The molecule has 7 nitrogen and oxygen atoms in total. The highest BCUT2D eigenvalue weighted by Crippen LogP contribution is 2.30. The largest absolute Gasteiger partial charge is 0.477 e. The third-order valence-corrected chi connectivity index (χ3v) is 2.77. The van der Waals surface area contributed by atoms with Crippen molar-refractivity contribution in [2.75, 3.05) is 0 Å². The lowest BCUT2D eigenvalue weighted by Crippen LogP contribution is -2.02. The van der Waals surface area contributed by atoms with Crippen LogP contribution in [0.1, 0.15) is 15.9 Å². The van der Waals surface area contributed by atoms with Crippen LogP contribution in [0.2, 0.25) is 0 Å². The smallest absolute Gasteiger partial charge is 0.342 e. The Morgan fingerprint density at radius 3 is 2.57 bits per heavy atom. The first-order chi connectivity index (χ1) is 10.0.